The normalized spacial score (nSPS) is 12.2. The highest BCUT2D eigenvalue weighted by Crippen LogP contribution is 2.31. The lowest BCUT2D eigenvalue weighted by Gasteiger charge is -2.24. The van der Waals surface area contributed by atoms with Crippen molar-refractivity contribution < 1.29 is 29.0 Å². The van der Waals surface area contributed by atoms with Gasteiger partial charge in [-0.1, -0.05) is 17.7 Å². The first kappa shape index (κ1) is 25.6. The maximum atomic E-state index is 12.1. The van der Waals surface area contributed by atoms with Crippen molar-refractivity contribution in [2.24, 2.45) is 5.73 Å². The van der Waals surface area contributed by atoms with Crippen LogP contribution in [0.4, 0.5) is 4.79 Å². The number of aliphatic carboxylic acids is 1. The molecule has 9 heteroatoms. The third-order valence-electron chi connectivity index (χ3n) is 4.00. The van der Waals surface area contributed by atoms with Crippen molar-refractivity contribution in [2.45, 2.75) is 71.4 Å². The molecule has 0 unspecified atom stereocenters. The van der Waals surface area contributed by atoms with E-state index < -0.39 is 29.6 Å². The number of amides is 2. The van der Waals surface area contributed by atoms with Crippen LogP contribution in [0.1, 0.15) is 57.6 Å². The molecule has 0 radical (unpaired) electrons. The highest BCUT2D eigenvalue weighted by atomic mass is 35.5. The third-order valence-corrected chi connectivity index (χ3v) is 4.42. The largest absolute Gasteiger partial charge is 0.490 e. The minimum absolute atomic E-state index is 0.0511. The molecule has 2 amide bonds. The predicted molar refractivity (Wildman–Crippen MR) is 114 cm³/mol. The minimum Gasteiger partial charge on any atom is -0.490 e. The second-order valence-electron chi connectivity index (χ2n) is 8.14. The molecule has 1 aromatic rings. The molecule has 8 nitrogen and oxygen atoms in total. The van der Waals surface area contributed by atoms with E-state index >= 15 is 0 Å². The second kappa shape index (κ2) is 11.6. The Labute approximate surface area is 182 Å². The van der Waals surface area contributed by atoms with E-state index in [0.29, 0.717) is 23.6 Å². The number of alkyl carbamates (subject to hydrolysis) is 1. The Morgan fingerprint density at radius 1 is 1.23 bits per heavy atom. The Kier molecular flexibility index (Phi) is 9.92. The van der Waals surface area contributed by atoms with Crippen LogP contribution >= 0.6 is 11.6 Å². The van der Waals surface area contributed by atoms with E-state index in [1.54, 1.807) is 26.8 Å². The molecule has 0 saturated carbocycles. The van der Waals surface area contributed by atoms with Crippen LogP contribution in [0.25, 0.3) is 0 Å². The zero-order chi connectivity index (χ0) is 22.9. The van der Waals surface area contributed by atoms with Gasteiger partial charge in [-0.3, -0.25) is 9.59 Å². The maximum absolute atomic E-state index is 12.1. The summed E-state index contributed by atoms with van der Waals surface area (Å²) in [5, 5.41) is 11.9. The van der Waals surface area contributed by atoms with Crippen LogP contribution < -0.4 is 15.8 Å². The van der Waals surface area contributed by atoms with Crippen molar-refractivity contribution in [1.82, 2.24) is 5.32 Å². The topological polar surface area (TPSA) is 128 Å². The monoisotopic (exact) mass is 442 g/mol. The number of hydrogen-bond donors (Lipinski definition) is 3. The summed E-state index contributed by atoms with van der Waals surface area (Å²) in [5.41, 5.74) is 6.27. The minimum atomic E-state index is -0.860. The van der Waals surface area contributed by atoms with Gasteiger partial charge in [0.25, 0.3) is 0 Å². The van der Waals surface area contributed by atoms with Gasteiger partial charge in [0.2, 0.25) is 5.91 Å². The second-order valence-corrected chi connectivity index (χ2v) is 8.52. The predicted octanol–water partition coefficient (Wildman–Crippen LogP) is 3.59. The van der Waals surface area contributed by atoms with E-state index in [1.807, 2.05) is 13.0 Å². The summed E-state index contributed by atoms with van der Waals surface area (Å²) in [4.78, 5) is 34.0. The molecule has 168 valence electrons. The molecule has 4 N–H and O–H groups in total. The van der Waals surface area contributed by atoms with Crippen LogP contribution in [-0.4, -0.2) is 41.3 Å². The van der Waals surface area contributed by atoms with Gasteiger partial charge in [0.1, 0.15) is 18.0 Å². The van der Waals surface area contributed by atoms with Crippen LogP contribution in [-0.2, 0) is 20.7 Å². The van der Waals surface area contributed by atoms with Crippen LogP contribution in [0.2, 0.25) is 5.02 Å². The number of nitrogens with one attached hydrogen (secondary N) is 1. The molecule has 1 rings (SSSR count). The van der Waals surface area contributed by atoms with Gasteiger partial charge in [-0.05, 0) is 64.2 Å². The number of primary amides is 1. The molecule has 1 atom stereocenters. The van der Waals surface area contributed by atoms with Crippen LogP contribution in [0.15, 0.2) is 12.1 Å². The molecule has 0 aliphatic carbocycles. The van der Waals surface area contributed by atoms with Crippen molar-refractivity contribution in [3.8, 4) is 5.75 Å². The molecule has 0 aliphatic rings. The summed E-state index contributed by atoms with van der Waals surface area (Å²) >= 11 is 6.44. The van der Waals surface area contributed by atoms with Gasteiger partial charge < -0.3 is 25.6 Å². The summed E-state index contributed by atoms with van der Waals surface area (Å²) in [7, 11) is 0. The number of carbonyl (C=O) groups excluding carboxylic acids is 2. The number of nitrogens with two attached hydrogens (primary N) is 1. The van der Waals surface area contributed by atoms with Crippen LogP contribution in [0.3, 0.4) is 0 Å². The van der Waals surface area contributed by atoms with E-state index in [2.05, 4.69) is 5.32 Å². The molecule has 0 saturated heterocycles. The molecule has 0 bridgehead atoms. The zero-order valence-corrected chi connectivity index (χ0v) is 18.7. The summed E-state index contributed by atoms with van der Waals surface area (Å²) in [6, 6.07) is 3.14. The fraction of sp³-hybridized carbons (Fsp3) is 0.571. The zero-order valence-electron chi connectivity index (χ0n) is 17.9. The maximum Gasteiger partial charge on any atom is 0.407 e. The van der Waals surface area contributed by atoms with E-state index in [0.717, 1.165) is 11.1 Å². The highest BCUT2D eigenvalue weighted by molar-refractivity contribution is 6.32. The summed E-state index contributed by atoms with van der Waals surface area (Å²) in [5.74, 6) is -0.918. The number of hydrogen-bond acceptors (Lipinski definition) is 5. The SMILES string of the molecule is Cc1cc(CCCC(=O)O)c(Cl)c(OC[C@H](CCC(N)=O)NC(=O)OC(C)(C)C)c1. The lowest BCUT2D eigenvalue weighted by atomic mass is 10.0. The lowest BCUT2D eigenvalue weighted by molar-refractivity contribution is -0.137. The smallest absolute Gasteiger partial charge is 0.407 e. The number of rotatable bonds is 11. The molecular weight excluding hydrogens is 412 g/mol. The number of ether oxygens (including phenoxy) is 2. The lowest BCUT2D eigenvalue weighted by Crippen LogP contribution is -2.42. The Morgan fingerprint density at radius 3 is 2.47 bits per heavy atom. The Bertz CT molecular complexity index is 761. The highest BCUT2D eigenvalue weighted by Gasteiger charge is 2.21. The number of halogens is 1. The third kappa shape index (κ3) is 10.3. The van der Waals surface area contributed by atoms with Gasteiger partial charge in [0.05, 0.1) is 11.1 Å². The van der Waals surface area contributed by atoms with Gasteiger partial charge in [0.15, 0.2) is 0 Å². The van der Waals surface area contributed by atoms with Crippen molar-refractivity contribution in [1.29, 1.82) is 0 Å². The van der Waals surface area contributed by atoms with Crippen molar-refractivity contribution in [3.05, 3.63) is 28.3 Å². The molecule has 0 aliphatic heterocycles. The van der Waals surface area contributed by atoms with Crippen LogP contribution in [0, 0.1) is 6.92 Å². The van der Waals surface area contributed by atoms with Gasteiger partial charge in [-0.2, -0.15) is 0 Å². The fourth-order valence-corrected chi connectivity index (χ4v) is 2.96. The van der Waals surface area contributed by atoms with Gasteiger partial charge >= 0.3 is 12.1 Å². The van der Waals surface area contributed by atoms with Gasteiger partial charge in [-0.25, -0.2) is 4.79 Å². The average Bonchev–Trinajstić information content (AvgIpc) is 2.58. The number of benzene rings is 1. The molecule has 0 fully saturated rings. The Balaban J connectivity index is 2.85. The van der Waals surface area contributed by atoms with Crippen molar-refractivity contribution in [2.75, 3.05) is 6.61 Å². The Hall–Kier alpha value is -2.48. The van der Waals surface area contributed by atoms with Crippen molar-refractivity contribution in [3.63, 3.8) is 0 Å². The quantitative estimate of drug-likeness (QED) is 0.480. The average molecular weight is 443 g/mol. The summed E-state index contributed by atoms with van der Waals surface area (Å²) < 4.78 is 11.1. The first-order valence-corrected chi connectivity index (χ1v) is 10.2. The molecule has 0 heterocycles. The standard InChI is InChI=1S/C21H31ClN2O6/c1-13-10-14(6-5-7-18(26)27)19(22)16(11-13)29-12-15(8-9-17(23)25)24-20(28)30-21(2,3)4/h10-11,15H,5-9,12H2,1-4H3,(H2,23,25)(H,24,28)(H,26,27)/t15-/m0/s1. The van der Waals surface area contributed by atoms with Crippen LogP contribution in [0.5, 0.6) is 5.75 Å². The molecule has 1 aromatic carbocycles. The molecule has 30 heavy (non-hydrogen) atoms. The number of carboxylic acids is 1. The molecular formula is C21H31ClN2O6. The van der Waals surface area contributed by atoms with E-state index in [1.165, 1.54) is 0 Å². The summed E-state index contributed by atoms with van der Waals surface area (Å²) in [6.45, 7) is 7.19. The van der Waals surface area contributed by atoms with Crippen molar-refractivity contribution >= 4 is 29.6 Å². The number of carboxylic acid groups (broad SMARTS) is 1. The summed E-state index contributed by atoms with van der Waals surface area (Å²) in [6.07, 6.45) is 0.749. The number of aryl methyl sites for hydroxylation is 2. The van der Waals surface area contributed by atoms with Gasteiger partial charge in [-0.15, -0.1) is 0 Å². The van der Waals surface area contributed by atoms with E-state index in [4.69, 9.17) is 31.9 Å². The molecule has 0 aromatic heterocycles. The molecule has 0 spiro atoms. The fourth-order valence-electron chi connectivity index (χ4n) is 2.70. The van der Waals surface area contributed by atoms with Gasteiger partial charge in [0, 0.05) is 12.8 Å². The Morgan fingerprint density at radius 2 is 1.90 bits per heavy atom. The van der Waals surface area contributed by atoms with E-state index in [9.17, 15) is 14.4 Å². The van der Waals surface area contributed by atoms with E-state index in [-0.39, 0.29) is 25.9 Å². The number of carbonyl (C=O) groups is 3. The first-order valence-electron chi connectivity index (χ1n) is 9.79. The first-order chi connectivity index (χ1) is 13.9.